The van der Waals surface area contributed by atoms with Crippen molar-refractivity contribution >= 4 is 22.3 Å². The van der Waals surface area contributed by atoms with Crippen molar-refractivity contribution in [3.63, 3.8) is 0 Å². The summed E-state index contributed by atoms with van der Waals surface area (Å²) in [4.78, 5) is 6.64. The Hall–Kier alpha value is -2.29. The topological polar surface area (TPSA) is 28.2 Å². The number of benzene rings is 1. The number of anilines is 1. The normalized spacial score (nSPS) is 11.5. The summed E-state index contributed by atoms with van der Waals surface area (Å²) in [5.41, 5.74) is 3.49. The molecule has 0 spiro atoms. The molecule has 22 heavy (non-hydrogen) atoms. The standard InChI is InChI=1S/C19H25N3/c1-6-10-22(14(3)4)18(7-2)15-8-9-16-13-21-19(20-5)12-17(16)11-15/h7-9,11-13H,3,6,10H2,1-2,4-5H3,(H,20,21)/b18-7-. The van der Waals surface area contributed by atoms with Gasteiger partial charge in [0.25, 0.3) is 0 Å². The third kappa shape index (κ3) is 3.30. The molecule has 0 aliphatic carbocycles. The number of aromatic nitrogens is 1. The Bertz CT molecular complexity index is 701. The highest BCUT2D eigenvalue weighted by Crippen LogP contribution is 2.27. The van der Waals surface area contributed by atoms with E-state index in [1.165, 1.54) is 16.6 Å². The third-order valence-corrected chi connectivity index (χ3v) is 3.75. The first-order chi connectivity index (χ1) is 10.6. The van der Waals surface area contributed by atoms with Gasteiger partial charge in [0.2, 0.25) is 0 Å². The molecule has 0 radical (unpaired) electrons. The summed E-state index contributed by atoms with van der Waals surface area (Å²) in [5, 5.41) is 5.43. The highest BCUT2D eigenvalue weighted by atomic mass is 15.1. The van der Waals surface area contributed by atoms with Crippen molar-refractivity contribution in [3.05, 3.63) is 54.4 Å². The van der Waals surface area contributed by atoms with Crippen LogP contribution in [0.3, 0.4) is 0 Å². The molecule has 0 fully saturated rings. The van der Waals surface area contributed by atoms with Crippen molar-refractivity contribution in [1.82, 2.24) is 9.88 Å². The van der Waals surface area contributed by atoms with E-state index >= 15 is 0 Å². The molecule has 0 saturated carbocycles. The van der Waals surface area contributed by atoms with Crippen LogP contribution in [0, 0.1) is 0 Å². The van der Waals surface area contributed by atoms with E-state index in [-0.39, 0.29) is 0 Å². The molecule has 0 atom stereocenters. The molecule has 0 amide bonds. The molecule has 0 aliphatic rings. The van der Waals surface area contributed by atoms with Gasteiger partial charge in [0, 0.05) is 36.6 Å². The lowest BCUT2D eigenvalue weighted by Crippen LogP contribution is -2.20. The van der Waals surface area contributed by atoms with Crippen LogP contribution in [0.15, 0.2) is 48.8 Å². The molecule has 1 heterocycles. The minimum Gasteiger partial charge on any atom is -0.373 e. The van der Waals surface area contributed by atoms with Crippen LogP contribution in [0.25, 0.3) is 16.5 Å². The van der Waals surface area contributed by atoms with Crippen molar-refractivity contribution in [3.8, 4) is 0 Å². The highest BCUT2D eigenvalue weighted by molar-refractivity contribution is 5.87. The lowest BCUT2D eigenvalue weighted by atomic mass is 10.0. The number of pyridine rings is 1. The smallest absolute Gasteiger partial charge is 0.126 e. The predicted octanol–water partition coefficient (Wildman–Crippen LogP) is 4.88. The van der Waals surface area contributed by atoms with Crippen LogP contribution in [0.2, 0.25) is 0 Å². The molecule has 1 aromatic carbocycles. The van der Waals surface area contributed by atoms with E-state index in [2.05, 4.69) is 72.9 Å². The van der Waals surface area contributed by atoms with E-state index in [4.69, 9.17) is 0 Å². The van der Waals surface area contributed by atoms with Crippen molar-refractivity contribution in [2.75, 3.05) is 18.9 Å². The summed E-state index contributed by atoms with van der Waals surface area (Å²) in [6.07, 6.45) is 5.15. The van der Waals surface area contributed by atoms with Crippen LogP contribution in [0.1, 0.15) is 32.8 Å². The molecule has 2 rings (SSSR count). The highest BCUT2D eigenvalue weighted by Gasteiger charge is 2.11. The Labute approximate surface area is 133 Å². The van der Waals surface area contributed by atoms with E-state index < -0.39 is 0 Å². The van der Waals surface area contributed by atoms with Gasteiger partial charge in [0.05, 0.1) is 0 Å². The third-order valence-electron chi connectivity index (χ3n) is 3.75. The van der Waals surface area contributed by atoms with Crippen molar-refractivity contribution in [1.29, 1.82) is 0 Å². The molecule has 0 unspecified atom stereocenters. The molecule has 0 bridgehead atoms. The summed E-state index contributed by atoms with van der Waals surface area (Å²) < 4.78 is 0. The molecule has 0 saturated heterocycles. The summed E-state index contributed by atoms with van der Waals surface area (Å²) in [7, 11) is 1.89. The fourth-order valence-electron chi connectivity index (χ4n) is 2.66. The van der Waals surface area contributed by atoms with Crippen molar-refractivity contribution in [2.45, 2.75) is 27.2 Å². The number of hydrogen-bond acceptors (Lipinski definition) is 3. The largest absolute Gasteiger partial charge is 0.373 e. The van der Waals surface area contributed by atoms with E-state index in [0.717, 1.165) is 29.9 Å². The molecule has 1 aromatic heterocycles. The van der Waals surface area contributed by atoms with Crippen molar-refractivity contribution in [2.24, 2.45) is 0 Å². The van der Waals surface area contributed by atoms with Crippen LogP contribution in [0.5, 0.6) is 0 Å². The first-order valence-corrected chi connectivity index (χ1v) is 7.78. The van der Waals surface area contributed by atoms with Gasteiger partial charge in [-0.3, -0.25) is 0 Å². The number of allylic oxidation sites excluding steroid dienone is 2. The molecule has 1 N–H and O–H groups in total. The van der Waals surface area contributed by atoms with Gasteiger partial charge in [-0.15, -0.1) is 0 Å². The average molecular weight is 295 g/mol. The number of hydrogen-bond donors (Lipinski definition) is 1. The van der Waals surface area contributed by atoms with Gasteiger partial charge < -0.3 is 10.2 Å². The maximum absolute atomic E-state index is 4.36. The summed E-state index contributed by atoms with van der Waals surface area (Å²) >= 11 is 0. The van der Waals surface area contributed by atoms with Gasteiger partial charge in [0.15, 0.2) is 0 Å². The number of fused-ring (bicyclic) bond motifs is 1. The van der Waals surface area contributed by atoms with Crippen LogP contribution in [-0.4, -0.2) is 23.5 Å². The Morgan fingerprint density at radius 2 is 2.09 bits per heavy atom. The van der Waals surface area contributed by atoms with E-state index in [1.54, 1.807) is 0 Å². The zero-order chi connectivity index (χ0) is 16.1. The average Bonchev–Trinajstić information content (AvgIpc) is 2.53. The van der Waals surface area contributed by atoms with E-state index in [1.807, 2.05) is 13.2 Å². The lowest BCUT2D eigenvalue weighted by Gasteiger charge is -2.27. The number of rotatable bonds is 6. The Morgan fingerprint density at radius 1 is 1.32 bits per heavy atom. The second-order valence-electron chi connectivity index (χ2n) is 5.44. The maximum Gasteiger partial charge on any atom is 0.126 e. The van der Waals surface area contributed by atoms with Gasteiger partial charge in [-0.2, -0.15) is 0 Å². The summed E-state index contributed by atoms with van der Waals surface area (Å²) in [6.45, 7) is 11.4. The fourth-order valence-corrected chi connectivity index (χ4v) is 2.66. The monoisotopic (exact) mass is 295 g/mol. The predicted molar refractivity (Wildman–Crippen MR) is 96.8 cm³/mol. The first-order valence-electron chi connectivity index (χ1n) is 7.78. The number of nitrogens with one attached hydrogen (secondary N) is 1. The molecular formula is C19H25N3. The second-order valence-corrected chi connectivity index (χ2v) is 5.44. The van der Waals surface area contributed by atoms with Crippen molar-refractivity contribution < 1.29 is 0 Å². The SMILES string of the molecule is C=C(C)N(CCC)/C(=C\C)c1ccc2cnc(NC)cc2c1. The van der Waals surface area contributed by atoms with Gasteiger partial charge in [-0.05, 0) is 43.4 Å². The summed E-state index contributed by atoms with van der Waals surface area (Å²) in [5.74, 6) is 0.886. The molecule has 116 valence electrons. The minimum atomic E-state index is 0.886. The second kappa shape index (κ2) is 7.12. The Balaban J connectivity index is 2.49. The maximum atomic E-state index is 4.36. The van der Waals surface area contributed by atoms with Gasteiger partial charge in [-0.25, -0.2) is 4.98 Å². The fraction of sp³-hybridized carbons (Fsp3) is 0.316. The van der Waals surface area contributed by atoms with Gasteiger partial charge in [-0.1, -0.05) is 31.7 Å². The molecular weight excluding hydrogens is 270 g/mol. The van der Waals surface area contributed by atoms with Crippen LogP contribution in [0.4, 0.5) is 5.82 Å². The zero-order valence-corrected chi connectivity index (χ0v) is 14.0. The zero-order valence-electron chi connectivity index (χ0n) is 14.0. The molecule has 2 aromatic rings. The van der Waals surface area contributed by atoms with E-state index in [9.17, 15) is 0 Å². The molecule has 3 heteroatoms. The Kier molecular flexibility index (Phi) is 5.21. The first kappa shape index (κ1) is 16.1. The Morgan fingerprint density at radius 3 is 2.68 bits per heavy atom. The quantitative estimate of drug-likeness (QED) is 0.823. The number of nitrogens with zero attached hydrogens (tertiary/aromatic N) is 2. The van der Waals surface area contributed by atoms with E-state index in [0.29, 0.717) is 0 Å². The van der Waals surface area contributed by atoms with Crippen LogP contribution in [-0.2, 0) is 0 Å². The molecule has 3 nitrogen and oxygen atoms in total. The summed E-state index contributed by atoms with van der Waals surface area (Å²) in [6, 6.07) is 8.59. The minimum absolute atomic E-state index is 0.886. The van der Waals surface area contributed by atoms with Gasteiger partial charge in [0.1, 0.15) is 5.82 Å². The molecule has 0 aliphatic heterocycles. The van der Waals surface area contributed by atoms with Gasteiger partial charge >= 0.3 is 0 Å². The lowest BCUT2D eigenvalue weighted by molar-refractivity contribution is 0.486. The van der Waals surface area contributed by atoms with Crippen LogP contribution >= 0.6 is 0 Å². The van der Waals surface area contributed by atoms with Crippen LogP contribution < -0.4 is 5.32 Å².